The van der Waals surface area contributed by atoms with Crippen molar-refractivity contribution in [2.75, 3.05) is 13.2 Å². The quantitative estimate of drug-likeness (QED) is 0.0510. The molecule has 4 aromatic carbocycles. The average molecular weight is 1460 g/mol. The molecule has 12 aromatic rings. The average Bonchev–Trinajstić information content (AvgIpc) is 0.848. The van der Waals surface area contributed by atoms with Gasteiger partial charge >= 0.3 is 46.1 Å². The number of hydrogen-bond donors (Lipinski definition) is 9. The molecule has 99 heavy (non-hydrogen) atoms. The molecular formula is C70H57B4Br2N12O10S. The van der Waals surface area contributed by atoms with E-state index in [0.29, 0.717) is 62.2 Å². The molecule has 29 heteroatoms. The molecule has 489 valence electrons. The van der Waals surface area contributed by atoms with Crippen LogP contribution in [0.5, 0.6) is 0 Å². The van der Waals surface area contributed by atoms with Gasteiger partial charge in [0.05, 0.1) is 56.1 Å². The Morgan fingerprint density at radius 2 is 0.899 bits per heavy atom. The molecule has 13 rings (SSSR count). The second kappa shape index (κ2) is 42.4. The summed E-state index contributed by atoms with van der Waals surface area (Å²) in [6, 6.07) is 67.1. The van der Waals surface area contributed by atoms with Gasteiger partial charge in [-0.2, -0.15) is 15.8 Å². The summed E-state index contributed by atoms with van der Waals surface area (Å²) in [5, 5.41) is 61.6. The zero-order valence-electron chi connectivity index (χ0n) is 52.2. The number of hydrogen-bond acceptors (Lipinski definition) is 19. The number of thiol groups is 1. The van der Waals surface area contributed by atoms with E-state index in [0.717, 1.165) is 50.1 Å². The molecule has 0 atom stereocenters. The first-order valence-corrected chi connectivity index (χ1v) is 31.4. The Kier molecular flexibility index (Phi) is 33.0. The van der Waals surface area contributed by atoms with Crippen molar-refractivity contribution in [2.45, 2.75) is 6.42 Å². The van der Waals surface area contributed by atoms with Crippen molar-refractivity contribution in [1.29, 1.82) is 15.8 Å². The van der Waals surface area contributed by atoms with Crippen LogP contribution < -0.4 is 38.6 Å². The summed E-state index contributed by atoms with van der Waals surface area (Å²) >= 11 is 9.60. The van der Waals surface area contributed by atoms with Gasteiger partial charge in [0.1, 0.15) is 6.07 Å². The number of pyridine rings is 8. The Morgan fingerprint density at radius 1 is 0.465 bits per heavy atom. The number of aromatic nitrogens is 8. The fraction of sp³-hybridized carbons (Fsp3) is 0.0429. The number of benzene rings is 4. The Morgan fingerprint density at radius 3 is 1.35 bits per heavy atom. The molecule has 1 aliphatic rings. The molecule has 1 saturated heterocycles. The van der Waals surface area contributed by atoms with Crippen LogP contribution in [0, 0.1) is 34.0 Å². The van der Waals surface area contributed by atoms with Gasteiger partial charge in [0.15, 0.2) is 0 Å². The predicted octanol–water partition coefficient (Wildman–Crippen LogP) is 8.29. The predicted molar refractivity (Wildman–Crippen MR) is 394 cm³/mol. The molecule has 0 bridgehead atoms. The van der Waals surface area contributed by atoms with Crippen LogP contribution in [0.4, 0.5) is 0 Å². The minimum atomic E-state index is -1.78. The van der Waals surface area contributed by atoms with Crippen molar-refractivity contribution >= 4 is 90.1 Å². The third kappa shape index (κ3) is 25.4. The van der Waals surface area contributed by atoms with Gasteiger partial charge in [0.25, 0.3) is 11.1 Å². The van der Waals surface area contributed by atoms with Crippen LogP contribution in [0.15, 0.2) is 288 Å². The third-order valence-corrected chi connectivity index (χ3v) is 14.5. The number of aromatic amines is 4. The van der Waals surface area contributed by atoms with E-state index in [2.05, 4.69) is 109 Å². The van der Waals surface area contributed by atoms with Crippen LogP contribution >= 0.6 is 44.7 Å². The van der Waals surface area contributed by atoms with Gasteiger partial charge in [0, 0.05) is 118 Å². The van der Waals surface area contributed by atoms with Crippen molar-refractivity contribution in [1.82, 2.24) is 39.9 Å². The number of nitrogens with zero attached hydrogens (tertiary/aromatic N) is 8. The Labute approximate surface area is 592 Å². The van der Waals surface area contributed by atoms with Crippen molar-refractivity contribution in [3.8, 4) is 74.4 Å². The zero-order chi connectivity index (χ0) is 71.2. The first-order valence-electron chi connectivity index (χ1n) is 29.4. The van der Waals surface area contributed by atoms with Gasteiger partial charge in [0.2, 0.25) is 11.1 Å². The van der Waals surface area contributed by atoms with E-state index in [1.54, 1.807) is 128 Å². The first-order chi connectivity index (χ1) is 48.1. The molecular weight excluding hydrogens is 1400 g/mol. The van der Waals surface area contributed by atoms with Gasteiger partial charge in [-0.05, 0) is 141 Å². The van der Waals surface area contributed by atoms with E-state index in [4.69, 9.17) is 39.9 Å². The van der Waals surface area contributed by atoms with Crippen LogP contribution in [0.3, 0.4) is 0 Å². The molecule has 8 N–H and O–H groups in total. The zero-order valence-corrected chi connectivity index (χ0v) is 56.3. The SMILES string of the molecule is N#Cc1ccccc1-c1cc(-c2ccccn2)c[nH]c1=O.N#Cc1ccccc1B1OCCCO1.N#Cc1ccccc1Br.O=c1[nH]cc(-c2ccccn2)cc1B(O)O.O=c1[nH]cc(-c2ccccn2)cc1Br.O=c1ccc(-c2ccccn2)c[nH]1.OB(O)c1ccccc1.[B]=NS. The second-order valence-corrected chi connectivity index (χ2v) is 21.8. The van der Waals surface area contributed by atoms with E-state index in [-0.39, 0.29) is 29.3 Å². The number of rotatable bonds is 8. The molecule has 0 spiro atoms. The minimum absolute atomic E-state index is 0.0943. The molecule has 22 nitrogen and oxygen atoms in total. The fourth-order valence-corrected chi connectivity index (χ4v) is 9.18. The summed E-state index contributed by atoms with van der Waals surface area (Å²) < 4.78 is 14.9. The molecule has 1 aliphatic heterocycles. The molecule has 0 aliphatic carbocycles. The molecule has 1 fully saturated rings. The summed E-state index contributed by atoms with van der Waals surface area (Å²) in [6.45, 7) is 1.40. The van der Waals surface area contributed by atoms with Crippen LogP contribution in [0.2, 0.25) is 0 Å². The number of halogens is 2. The number of H-pyrrole nitrogens is 4. The van der Waals surface area contributed by atoms with Gasteiger partial charge < -0.3 is 49.3 Å². The molecule has 1 radical (unpaired) electrons. The summed E-state index contributed by atoms with van der Waals surface area (Å²) in [7, 11) is 0.849. The van der Waals surface area contributed by atoms with Crippen LogP contribution in [-0.4, -0.2) is 102 Å². The van der Waals surface area contributed by atoms with Crippen molar-refractivity contribution in [2.24, 2.45) is 4.30 Å². The Bertz CT molecular complexity index is 4840. The van der Waals surface area contributed by atoms with Crippen LogP contribution in [-0.2, 0) is 9.31 Å². The second-order valence-electron chi connectivity index (χ2n) is 19.8. The van der Waals surface area contributed by atoms with E-state index in [1.807, 2.05) is 115 Å². The maximum atomic E-state index is 12.1. The molecule has 0 saturated carbocycles. The summed E-state index contributed by atoms with van der Waals surface area (Å²) in [4.78, 5) is 72.3. The summed E-state index contributed by atoms with van der Waals surface area (Å²) in [6.07, 6.45) is 14.1. The van der Waals surface area contributed by atoms with Crippen molar-refractivity contribution < 1.29 is 29.4 Å². The summed E-state index contributed by atoms with van der Waals surface area (Å²) in [5.41, 5.74) is 9.51. The van der Waals surface area contributed by atoms with Gasteiger partial charge in [-0.25, -0.2) is 0 Å². The van der Waals surface area contributed by atoms with Gasteiger partial charge in [-0.15, -0.1) is 0 Å². The number of nitriles is 3. The molecule has 0 amide bonds. The molecule has 0 unspecified atom stereocenters. The van der Waals surface area contributed by atoms with Crippen molar-refractivity contribution in [3.63, 3.8) is 0 Å². The van der Waals surface area contributed by atoms with E-state index >= 15 is 0 Å². The van der Waals surface area contributed by atoms with E-state index in [1.165, 1.54) is 18.3 Å². The molecule has 8 aromatic heterocycles. The maximum absolute atomic E-state index is 12.1. The first kappa shape index (κ1) is 76.9. The normalized spacial score (nSPS) is 10.5. The van der Waals surface area contributed by atoms with Crippen LogP contribution in [0.25, 0.3) is 56.2 Å². The molecule has 9 heterocycles. The fourth-order valence-electron chi connectivity index (χ4n) is 8.44. The van der Waals surface area contributed by atoms with E-state index in [9.17, 15) is 24.4 Å². The third-order valence-electron chi connectivity index (χ3n) is 13.2. The Hall–Kier alpha value is -11.1. The monoisotopic (exact) mass is 1460 g/mol. The Balaban J connectivity index is 0.000000184. The standard InChI is InChI=1S/C17H11N3O.C10H9BN2O3.C10H10BNO2.C10H7BrN2O.C10H8N2O.C7H4BrN.C6H7BO2.BHNS/c18-10-12-5-1-2-6-14(12)15-9-13(11-20-17(15)21)16-7-3-4-8-19-16;14-10-8(11(15)16)5-7(6-13-10)9-3-1-2-4-12-9;12-8-9-4-1-2-5-10(9)11-13-6-3-7-14-11;11-8-5-7(6-13-10(8)14)9-3-1-2-4-12-9;13-10-5-4-8(7-12-10)9-3-1-2-6-11-9;8-7-4-2-1-3-6(7)5-9;8-7(9)6-4-2-1-3-5-6;1-2-3/h1-9,11H,(H,20,21);1-6,15-16H,(H,13,14);1-2,4-5H,3,6-7H2;1-6H,(H,13,14);1-7H,(H,12,13);1-4H;1-5,8-9H;3H. The number of nitrogens with one attached hydrogen (secondary N) is 4. The van der Waals surface area contributed by atoms with Gasteiger partial charge in [-0.1, -0.05) is 103 Å². The van der Waals surface area contributed by atoms with Crippen LogP contribution in [0.1, 0.15) is 23.1 Å². The van der Waals surface area contributed by atoms with Gasteiger partial charge in [-0.3, -0.25) is 39.1 Å². The summed E-state index contributed by atoms with van der Waals surface area (Å²) in [5.74, 6) is 0. The van der Waals surface area contributed by atoms with Crippen molar-refractivity contribution in [3.05, 3.63) is 323 Å². The topological polar surface area (TPSA) is 366 Å². The van der Waals surface area contributed by atoms with E-state index < -0.39 is 19.8 Å².